The molecule has 0 spiro atoms. The number of carbonyl (C=O) groups excluding carboxylic acids is 1. The summed E-state index contributed by atoms with van der Waals surface area (Å²) < 4.78 is 5.88. The van der Waals surface area contributed by atoms with Gasteiger partial charge in [0.05, 0.1) is 0 Å². The molecule has 3 rings (SSSR count). The number of amides is 2. The third kappa shape index (κ3) is 5.99. The van der Waals surface area contributed by atoms with Gasteiger partial charge in [0.25, 0.3) is 0 Å². The number of hydrogen-bond donors (Lipinski definition) is 1. The zero-order chi connectivity index (χ0) is 19.2. The number of halogens is 1. The lowest BCUT2D eigenvalue weighted by Crippen LogP contribution is -2.52. The van der Waals surface area contributed by atoms with E-state index in [-0.39, 0.29) is 6.03 Å². The molecule has 1 aromatic carbocycles. The summed E-state index contributed by atoms with van der Waals surface area (Å²) in [6.45, 7) is 9.85. The molecule has 0 saturated carbocycles. The molecular weight excluding hydrogens is 364 g/mol. The topological polar surface area (TPSA) is 48.1 Å². The van der Waals surface area contributed by atoms with Crippen LogP contribution >= 0.6 is 11.6 Å². The lowest BCUT2D eigenvalue weighted by Gasteiger charge is -2.34. The number of rotatable bonds is 6. The number of likely N-dealkylation sites (tertiary alicyclic amines) is 1. The molecule has 2 aliphatic heterocycles. The minimum Gasteiger partial charge on any atom is -0.492 e. The number of nitrogens with one attached hydrogen (secondary N) is 1. The number of nitrogens with zero attached hydrogens (tertiary/aromatic N) is 3. The first-order valence-corrected chi connectivity index (χ1v) is 10.2. The van der Waals surface area contributed by atoms with Crippen molar-refractivity contribution < 1.29 is 9.53 Å². The Labute approximate surface area is 167 Å². The first-order chi connectivity index (χ1) is 13.0. The average molecular weight is 395 g/mol. The van der Waals surface area contributed by atoms with Gasteiger partial charge in [-0.1, -0.05) is 11.6 Å². The van der Waals surface area contributed by atoms with Crippen molar-refractivity contribution in [1.82, 2.24) is 20.0 Å². The Morgan fingerprint density at radius 3 is 2.70 bits per heavy atom. The Bertz CT molecular complexity index is 634. The van der Waals surface area contributed by atoms with E-state index < -0.39 is 0 Å². The van der Waals surface area contributed by atoms with Crippen molar-refractivity contribution in [3.8, 4) is 5.75 Å². The number of urea groups is 1. The fourth-order valence-corrected chi connectivity index (χ4v) is 4.00. The second-order valence-electron chi connectivity index (χ2n) is 7.69. The first-order valence-electron chi connectivity index (χ1n) is 9.84. The molecular formula is C20H31ClN4O2. The number of carbonyl (C=O) groups is 1. The Kier molecular flexibility index (Phi) is 7.21. The van der Waals surface area contributed by atoms with E-state index in [2.05, 4.69) is 22.2 Å². The molecule has 27 heavy (non-hydrogen) atoms. The van der Waals surface area contributed by atoms with Crippen LogP contribution < -0.4 is 10.1 Å². The molecule has 2 heterocycles. The van der Waals surface area contributed by atoms with Gasteiger partial charge in [-0.25, -0.2) is 4.79 Å². The highest BCUT2D eigenvalue weighted by molar-refractivity contribution is 6.30. The van der Waals surface area contributed by atoms with Crippen molar-refractivity contribution in [3.05, 3.63) is 28.8 Å². The summed E-state index contributed by atoms with van der Waals surface area (Å²) in [5.74, 6) is 1.48. The predicted molar refractivity (Wildman–Crippen MR) is 109 cm³/mol. The number of aryl methyl sites for hydroxylation is 1. The Morgan fingerprint density at radius 2 is 2.04 bits per heavy atom. The normalized spacial score (nSPS) is 21.4. The Balaban J connectivity index is 1.32. The van der Waals surface area contributed by atoms with Crippen molar-refractivity contribution in [2.75, 3.05) is 66.0 Å². The van der Waals surface area contributed by atoms with Crippen LogP contribution in [0.3, 0.4) is 0 Å². The number of ether oxygens (including phenoxy) is 1. The molecule has 2 saturated heterocycles. The van der Waals surface area contributed by atoms with E-state index in [0.717, 1.165) is 68.7 Å². The van der Waals surface area contributed by atoms with Crippen LogP contribution in [0.15, 0.2) is 18.2 Å². The van der Waals surface area contributed by atoms with Gasteiger partial charge in [0.1, 0.15) is 12.4 Å². The zero-order valence-corrected chi connectivity index (χ0v) is 17.2. The van der Waals surface area contributed by atoms with Gasteiger partial charge < -0.3 is 19.9 Å². The average Bonchev–Trinajstić information content (AvgIpc) is 3.07. The van der Waals surface area contributed by atoms with Gasteiger partial charge in [-0.15, -0.1) is 0 Å². The summed E-state index contributed by atoms with van der Waals surface area (Å²) in [5.41, 5.74) is 1.05. The van der Waals surface area contributed by atoms with E-state index in [1.54, 1.807) is 0 Å². The summed E-state index contributed by atoms with van der Waals surface area (Å²) in [7, 11) is 2.14. The van der Waals surface area contributed by atoms with Crippen LogP contribution in [0.5, 0.6) is 5.75 Å². The van der Waals surface area contributed by atoms with Crippen molar-refractivity contribution in [3.63, 3.8) is 0 Å². The van der Waals surface area contributed by atoms with E-state index in [9.17, 15) is 4.79 Å². The largest absolute Gasteiger partial charge is 0.492 e. The van der Waals surface area contributed by atoms with Crippen molar-refractivity contribution in [2.24, 2.45) is 5.92 Å². The lowest BCUT2D eigenvalue weighted by molar-refractivity contribution is 0.125. The van der Waals surface area contributed by atoms with Crippen LogP contribution in [0.25, 0.3) is 0 Å². The molecule has 7 heteroatoms. The molecule has 0 unspecified atom stereocenters. The predicted octanol–water partition coefficient (Wildman–Crippen LogP) is 2.31. The van der Waals surface area contributed by atoms with E-state index in [1.165, 1.54) is 6.42 Å². The maximum Gasteiger partial charge on any atom is 0.317 e. The molecule has 150 valence electrons. The molecule has 2 aliphatic rings. The molecule has 2 fully saturated rings. The summed E-state index contributed by atoms with van der Waals surface area (Å²) in [6.07, 6.45) is 1.18. The molecule has 2 amide bonds. The van der Waals surface area contributed by atoms with Crippen LogP contribution in [-0.2, 0) is 0 Å². The Hall–Kier alpha value is -1.50. The van der Waals surface area contributed by atoms with Gasteiger partial charge in [0.2, 0.25) is 0 Å². The van der Waals surface area contributed by atoms with Gasteiger partial charge in [0, 0.05) is 50.8 Å². The third-order valence-corrected chi connectivity index (χ3v) is 5.73. The molecule has 0 bridgehead atoms. The smallest absolute Gasteiger partial charge is 0.317 e. The maximum absolute atomic E-state index is 12.4. The molecule has 6 nitrogen and oxygen atoms in total. The summed E-state index contributed by atoms with van der Waals surface area (Å²) in [6, 6.07) is 5.77. The standard InChI is InChI=1S/C20H31ClN4O2/c1-16-13-18(21)3-4-19(16)27-12-11-24-7-9-25(10-8-24)20(26)22-14-17-5-6-23(2)15-17/h3-4,13,17H,5-12,14-15H2,1-2H3,(H,22,26)/t17-/m0/s1. The summed E-state index contributed by atoms with van der Waals surface area (Å²) in [4.78, 5) is 19.0. The molecule has 0 radical (unpaired) electrons. The van der Waals surface area contributed by atoms with E-state index in [0.29, 0.717) is 12.5 Å². The second-order valence-corrected chi connectivity index (χ2v) is 8.13. The van der Waals surface area contributed by atoms with Crippen molar-refractivity contribution in [1.29, 1.82) is 0 Å². The van der Waals surface area contributed by atoms with Gasteiger partial charge in [-0.05, 0) is 56.6 Å². The number of piperazine rings is 1. The number of hydrogen-bond acceptors (Lipinski definition) is 4. The van der Waals surface area contributed by atoms with E-state index >= 15 is 0 Å². The van der Waals surface area contributed by atoms with Crippen molar-refractivity contribution in [2.45, 2.75) is 13.3 Å². The monoisotopic (exact) mass is 394 g/mol. The Morgan fingerprint density at radius 1 is 1.26 bits per heavy atom. The minimum absolute atomic E-state index is 0.0808. The highest BCUT2D eigenvalue weighted by Gasteiger charge is 2.23. The van der Waals surface area contributed by atoms with E-state index in [4.69, 9.17) is 16.3 Å². The maximum atomic E-state index is 12.4. The third-order valence-electron chi connectivity index (χ3n) is 5.49. The van der Waals surface area contributed by atoms with Gasteiger partial charge in [-0.3, -0.25) is 4.90 Å². The number of benzene rings is 1. The van der Waals surface area contributed by atoms with Gasteiger partial charge in [-0.2, -0.15) is 0 Å². The SMILES string of the molecule is Cc1cc(Cl)ccc1OCCN1CCN(C(=O)NC[C@@H]2CCN(C)C2)CC1. The van der Waals surface area contributed by atoms with E-state index in [1.807, 2.05) is 30.0 Å². The molecule has 0 aliphatic carbocycles. The van der Waals surface area contributed by atoms with Crippen LogP contribution in [0, 0.1) is 12.8 Å². The fraction of sp³-hybridized carbons (Fsp3) is 0.650. The summed E-state index contributed by atoms with van der Waals surface area (Å²) in [5, 5.41) is 3.84. The first kappa shape index (κ1) is 20.2. The molecule has 1 aromatic rings. The van der Waals surface area contributed by atoms with Crippen LogP contribution in [0.1, 0.15) is 12.0 Å². The molecule has 0 aromatic heterocycles. The fourth-order valence-electron chi connectivity index (χ4n) is 3.77. The van der Waals surface area contributed by atoms with Crippen molar-refractivity contribution >= 4 is 17.6 Å². The van der Waals surface area contributed by atoms with Crippen LogP contribution in [0.4, 0.5) is 4.79 Å². The quantitative estimate of drug-likeness (QED) is 0.804. The minimum atomic E-state index is 0.0808. The highest BCUT2D eigenvalue weighted by atomic mass is 35.5. The molecule has 1 N–H and O–H groups in total. The molecule has 1 atom stereocenters. The van der Waals surface area contributed by atoms with Gasteiger partial charge in [0.15, 0.2) is 0 Å². The lowest BCUT2D eigenvalue weighted by atomic mass is 10.1. The van der Waals surface area contributed by atoms with Crippen LogP contribution in [0.2, 0.25) is 5.02 Å². The summed E-state index contributed by atoms with van der Waals surface area (Å²) >= 11 is 5.97. The van der Waals surface area contributed by atoms with Crippen LogP contribution in [-0.4, -0.2) is 86.7 Å². The zero-order valence-electron chi connectivity index (χ0n) is 16.4. The van der Waals surface area contributed by atoms with Gasteiger partial charge >= 0.3 is 6.03 Å². The second kappa shape index (κ2) is 9.62. The highest BCUT2D eigenvalue weighted by Crippen LogP contribution is 2.21.